The molecule has 0 aromatic heterocycles. The molecule has 9 N–H and O–H groups in total. The maximum absolute atomic E-state index is 14.1. The van der Waals surface area contributed by atoms with Gasteiger partial charge in [0.25, 0.3) is 0 Å². The Labute approximate surface area is 337 Å². The molecule has 0 radical (unpaired) electrons. The zero-order chi connectivity index (χ0) is 42.8. The summed E-state index contributed by atoms with van der Waals surface area (Å²) in [6, 6.07) is 0.197. The number of aliphatic carboxylic acids is 1. The van der Waals surface area contributed by atoms with Gasteiger partial charge in [-0.2, -0.15) is 13.2 Å². The summed E-state index contributed by atoms with van der Waals surface area (Å²) >= 11 is 0. The predicted molar refractivity (Wildman–Crippen MR) is 222 cm³/mol. The lowest BCUT2D eigenvalue weighted by Crippen LogP contribution is -2.45. The van der Waals surface area contributed by atoms with Gasteiger partial charge in [-0.25, -0.2) is 9.59 Å². The van der Waals surface area contributed by atoms with Crippen molar-refractivity contribution in [1.82, 2.24) is 9.80 Å². The summed E-state index contributed by atoms with van der Waals surface area (Å²) in [4.78, 5) is 41.0. The van der Waals surface area contributed by atoms with Crippen LogP contribution in [0.25, 0.3) is 20.9 Å². The van der Waals surface area contributed by atoms with Gasteiger partial charge >= 0.3 is 18.2 Å². The molecule has 0 unspecified atom stereocenters. The summed E-state index contributed by atoms with van der Waals surface area (Å²) in [6.45, 7) is 5.72. The second-order valence-corrected chi connectivity index (χ2v) is 14.1. The van der Waals surface area contributed by atoms with Crippen LogP contribution in [0.15, 0.2) is 20.2 Å². The van der Waals surface area contributed by atoms with Gasteiger partial charge in [-0.3, -0.25) is 9.98 Å². The van der Waals surface area contributed by atoms with Crippen molar-refractivity contribution in [3.05, 3.63) is 20.9 Å². The van der Waals surface area contributed by atoms with E-state index in [0.717, 1.165) is 180 Å². The SMILES string of the molecule is O=C(O)C(F)(F)F.[N-]=[N+]=NCCCCCCCCN(CCCCCCCCN=C(N)N)C(=O)N(CCCCCCCCN=[N+]=[N-])CCCCCCCCN=C(N)N. The maximum Gasteiger partial charge on any atom is 0.490 e. The van der Waals surface area contributed by atoms with Crippen LogP contribution in [0.4, 0.5) is 18.0 Å². The molecule has 0 spiro atoms. The molecule has 0 atom stereocenters. The quantitative estimate of drug-likeness (QED) is 0.0102. The van der Waals surface area contributed by atoms with E-state index in [4.69, 9.17) is 43.9 Å². The molecule has 57 heavy (non-hydrogen) atoms. The van der Waals surface area contributed by atoms with Crippen molar-refractivity contribution < 1.29 is 27.9 Å². The highest BCUT2D eigenvalue weighted by molar-refractivity contribution is 5.76. The highest BCUT2D eigenvalue weighted by Crippen LogP contribution is 2.15. The van der Waals surface area contributed by atoms with Crippen LogP contribution in [0, 0.1) is 0 Å². The summed E-state index contributed by atoms with van der Waals surface area (Å²) in [7, 11) is 0. The molecule has 0 aromatic carbocycles. The van der Waals surface area contributed by atoms with Crippen molar-refractivity contribution in [2.24, 2.45) is 43.1 Å². The number of azide groups is 2. The third-order valence-electron chi connectivity index (χ3n) is 9.04. The number of alkyl halides is 3. The Morgan fingerprint density at radius 1 is 0.474 bits per heavy atom. The monoisotopic (exact) mass is 819 g/mol. The zero-order valence-corrected chi connectivity index (χ0v) is 34.3. The molecular weight excluding hydrogens is 745 g/mol. The molecule has 2 amide bonds. The Morgan fingerprint density at radius 2 is 0.702 bits per heavy atom. The van der Waals surface area contributed by atoms with Crippen LogP contribution in [0.3, 0.4) is 0 Å². The zero-order valence-electron chi connectivity index (χ0n) is 34.3. The van der Waals surface area contributed by atoms with E-state index in [0.29, 0.717) is 26.2 Å². The van der Waals surface area contributed by atoms with Crippen molar-refractivity contribution in [3.8, 4) is 0 Å². The van der Waals surface area contributed by atoms with Gasteiger partial charge in [-0.1, -0.05) is 113 Å². The van der Waals surface area contributed by atoms with Crippen molar-refractivity contribution in [1.29, 1.82) is 0 Å². The Balaban J connectivity index is 0. The lowest BCUT2D eigenvalue weighted by molar-refractivity contribution is -0.192. The number of rotatable bonds is 36. The van der Waals surface area contributed by atoms with E-state index in [1.807, 2.05) is 0 Å². The van der Waals surface area contributed by atoms with E-state index in [1.54, 1.807) is 0 Å². The number of amides is 2. The molecule has 330 valence electrons. The Morgan fingerprint density at radius 3 is 0.930 bits per heavy atom. The second-order valence-electron chi connectivity index (χ2n) is 14.1. The number of guanidine groups is 2. The maximum atomic E-state index is 14.1. The highest BCUT2D eigenvalue weighted by Gasteiger charge is 2.38. The van der Waals surface area contributed by atoms with Gasteiger partial charge < -0.3 is 37.8 Å². The van der Waals surface area contributed by atoms with E-state index in [9.17, 15) is 18.0 Å². The fourth-order valence-corrected chi connectivity index (χ4v) is 5.94. The molecule has 17 nitrogen and oxygen atoms in total. The fourth-order valence-electron chi connectivity index (χ4n) is 5.94. The largest absolute Gasteiger partial charge is 0.490 e. The average Bonchev–Trinajstić information content (AvgIpc) is 3.16. The van der Waals surface area contributed by atoms with Crippen LogP contribution in [0.2, 0.25) is 0 Å². The van der Waals surface area contributed by atoms with Crippen molar-refractivity contribution in [2.75, 3.05) is 52.4 Å². The van der Waals surface area contributed by atoms with Crippen LogP contribution >= 0.6 is 0 Å². The molecule has 0 saturated carbocycles. The molecule has 0 aromatic rings. The summed E-state index contributed by atoms with van der Waals surface area (Å²) in [5.41, 5.74) is 38.6. The van der Waals surface area contributed by atoms with Crippen LogP contribution in [0.1, 0.15) is 154 Å². The van der Waals surface area contributed by atoms with Crippen molar-refractivity contribution >= 4 is 23.9 Å². The van der Waals surface area contributed by atoms with E-state index in [-0.39, 0.29) is 18.0 Å². The molecule has 0 fully saturated rings. The normalized spacial score (nSPS) is 10.6. The predicted octanol–water partition coefficient (Wildman–Crippen LogP) is 8.87. The lowest BCUT2D eigenvalue weighted by Gasteiger charge is -2.31. The van der Waals surface area contributed by atoms with E-state index in [1.165, 1.54) is 0 Å². The van der Waals surface area contributed by atoms with Crippen LogP contribution in [0.5, 0.6) is 0 Å². The molecule has 0 saturated heterocycles. The summed E-state index contributed by atoms with van der Waals surface area (Å²) in [6.07, 6.45) is 20.8. The molecular formula is C37H73F3N14O3. The second kappa shape index (κ2) is 39.9. The number of carbonyl (C=O) groups excluding carboxylic acids is 1. The minimum atomic E-state index is -5.08. The van der Waals surface area contributed by atoms with Gasteiger partial charge in [0, 0.05) is 62.2 Å². The molecule has 0 aliphatic heterocycles. The number of unbranched alkanes of at least 4 members (excludes halogenated alkanes) is 20. The van der Waals surface area contributed by atoms with Gasteiger partial charge in [0.05, 0.1) is 0 Å². The summed E-state index contributed by atoms with van der Waals surface area (Å²) < 4.78 is 31.7. The first-order valence-corrected chi connectivity index (χ1v) is 20.8. The molecule has 0 aliphatic rings. The summed E-state index contributed by atoms with van der Waals surface area (Å²) in [5, 5.41) is 14.4. The van der Waals surface area contributed by atoms with E-state index in [2.05, 4.69) is 39.8 Å². The first-order valence-electron chi connectivity index (χ1n) is 20.8. The molecule has 0 bridgehead atoms. The standard InChI is InChI=1S/C35H72N14O.C2HF3O2/c36-33(37)42-25-17-9-1-5-13-21-29-48(31-23-15-7-3-11-19-27-44-46-40)35(50)49(32-24-16-8-4-12-20-28-45-47-41)30-22-14-6-2-10-18-26-43-34(38)39;3-2(4,5)1(6)7/h1-32H2,(H4,36,37,42)(H4,38,39,43);(H,6,7). The van der Waals surface area contributed by atoms with Gasteiger partial charge in [-0.05, 0) is 62.4 Å². The van der Waals surface area contributed by atoms with Gasteiger partial charge in [0.2, 0.25) is 0 Å². The Bertz CT molecular complexity index is 1080. The molecule has 0 rings (SSSR count). The highest BCUT2D eigenvalue weighted by atomic mass is 19.4. The van der Waals surface area contributed by atoms with Gasteiger partial charge in [0.1, 0.15) is 0 Å². The summed E-state index contributed by atoms with van der Waals surface area (Å²) in [5.74, 6) is -2.44. The van der Waals surface area contributed by atoms with E-state index < -0.39 is 12.1 Å². The fraction of sp³-hybridized carbons (Fsp3) is 0.892. The number of carbonyl (C=O) groups is 2. The average molecular weight is 819 g/mol. The van der Waals surface area contributed by atoms with Crippen LogP contribution < -0.4 is 22.9 Å². The first-order chi connectivity index (χ1) is 27.4. The van der Waals surface area contributed by atoms with Crippen molar-refractivity contribution in [2.45, 2.75) is 160 Å². The number of carboxylic acids is 1. The van der Waals surface area contributed by atoms with Gasteiger partial charge in [-0.15, -0.1) is 0 Å². The molecule has 0 heterocycles. The number of nitrogens with zero attached hydrogens (tertiary/aromatic N) is 10. The number of carboxylic acid groups (broad SMARTS) is 1. The lowest BCUT2D eigenvalue weighted by atomic mass is 10.1. The Hall–Kier alpha value is -4.31. The first kappa shape index (κ1) is 54.8. The number of hydrogen-bond acceptors (Lipinski definition) is 6. The number of urea groups is 1. The number of hydrogen-bond donors (Lipinski definition) is 5. The Kier molecular flexibility index (Phi) is 38.4. The number of halogens is 3. The third kappa shape index (κ3) is 41.2. The minimum Gasteiger partial charge on any atom is -0.475 e. The molecule has 20 heteroatoms. The number of aliphatic imine (C=N–C) groups is 2. The van der Waals surface area contributed by atoms with Crippen LogP contribution in [-0.4, -0.2) is 97.4 Å². The minimum absolute atomic E-state index is 0.156. The molecule has 0 aliphatic carbocycles. The van der Waals surface area contributed by atoms with Gasteiger partial charge in [0.15, 0.2) is 11.9 Å². The number of nitrogens with two attached hydrogens (primary N) is 4. The van der Waals surface area contributed by atoms with Crippen molar-refractivity contribution in [3.63, 3.8) is 0 Å². The van der Waals surface area contributed by atoms with E-state index >= 15 is 0 Å². The smallest absolute Gasteiger partial charge is 0.475 e. The third-order valence-corrected chi connectivity index (χ3v) is 9.04. The topological polar surface area (TPSA) is 287 Å². The van der Waals surface area contributed by atoms with Crippen LogP contribution in [-0.2, 0) is 4.79 Å².